The van der Waals surface area contributed by atoms with Gasteiger partial charge >= 0.3 is 0 Å². The summed E-state index contributed by atoms with van der Waals surface area (Å²) in [6, 6.07) is 10.1. The Kier molecular flexibility index (Phi) is 5.24. The van der Waals surface area contributed by atoms with E-state index in [0.717, 1.165) is 24.7 Å². The molecule has 1 aromatic carbocycles. The zero-order valence-corrected chi connectivity index (χ0v) is 10.4. The summed E-state index contributed by atoms with van der Waals surface area (Å²) in [5.41, 5.74) is 0.844. The first kappa shape index (κ1) is 13.0. The largest absolute Gasteiger partial charge is 0.302 e. The smallest absolute Gasteiger partial charge is 0.130 e. The molecule has 0 N–H and O–H groups in total. The lowest BCUT2D eigenvalue weighted by molar-refractivity contribution is -0.112. The second-order valence-electron chi connectivity index (χ2n) is 4.71. The first-order valence-electron chi connectivity index (χ1n) is 6.25. The summed E-state index contributed by atoms with van der Waals surface area (Å²) in [6.07, 6.45) is 6.94. The number of carbonyl (C=O) groups excluding carboxylic acids is 1. The first-order valence-corrected chi connectivity index (χ1v) is 6.25. The molecule has 0 saturated heterocycles. The SMILES string of the molecule is CCCCCCC(C)(C=O)c1ccccc1. The molecule has 0 spiro atoms. The predicted octanol–water partition coefficient (Wildman–Crippen LogP) is 4.11. The molecule has 1 nitrogen and oxygen atoms in total. The van der Waals surface area contributed by atoms with Crippen molar-refractivity contribution in [2.45, 2.75) is 51.4 Å². The van der Waals surface area contributed by atoms with Crippen LogP contribution in [-0.4, -0.2) is 6.29 Å². The van der Waals surface area contributed by atoms with Crippen molar-refractivity contribution in [2.24, 2.45) is 0 Å². The average molecular weight is 218 g/mol. The fourth-order valence-corrected chi connectivity index (χ4v) is 2.01. The molecule has 0 amide bonds. The molecule has 0 aromatic heterocycles. The Labute approximate surface area is 98.9 Å². The molecule has 0 heterocycles. The maximum atomic E-state index is 11.3. The van der Waals surface area contributed by atoms with Gasteiger partial charge in [0, 0.05) is 5.41 Å². The Morgan fingerprint density at radius 3 is 2.38 bits per heavy atom. The predicted molar refractivity (Wildman–Crippen MR) is 68.6 cm³/mol. The number of rotatable bonds is 7. The second-order valence-corrected chi connectivity index (χ2v) is 4.71. The van der Waals surface area contributed by atoms with E-state index in [2.05, 4.69) is 6.92 Å². The van der Waals surface area contributed by atoms with Crippen LogP contribution in [-0.2, 0) is 10.2 Å². The van der Waals surface area contributed by atoms with Crippen molar-refractivity contribution >= 4 is 6.29 Å². The Balaban J connectivity index is 2.60. The van der Waals surface area contributed by atoms with Gasteiger partial charge in [0.1, 0.15) is 6.29 Å². The summed E-state index contributed by atoms with van der Waals surface area (Å²) in [5, 5.41) is 0. The number of aldehydes is 1. The van der Waals surface area contributed by atoms with Crippen molar-refractivity contribution in [3.63, 3.8) is 0 Å². The lowest BCUT2D eigenvalue weighted by atomic mass is 9.79. The third-order valence-electron chi connectivity index (χ3n) is 3.24. The van der Waals surface area contributed by atoms with E-state index in [1.165, 1.54) is 19.3 Å². The van der Waals surface area contributed by atoms with E-state index in [-0.39, 0.29) is 5.41 Å². The molecule has 16 heavy (non-hydrogen) atoms. The highest BCUT2D eigenvalue weighted by atomic mass is 16.1. The third kappa shape index (κ3) is 3.48. The normalized spacial score (nSPS) is 14.4. The number of hydrogen-bond acceptors (Lipinski definition) is 1. The summed E-state index contributed by atoms with van der Waals surface area (Å²) in [6.45, 7) is 4.25. The lowest BCUT2D eigenvalue weighted by Gasteiger charge is -2.23. The summed E-state index contributed by atoms with van der Waals surface area (Å²) in [7, 11) is 0. The Hall–Kier alpha value is -1.11. The molecule has 0 aliphatic carbocycles. The highest BCUT2D eigenvalue weighted by molar-refractivity contribution is 5.67. The molecule has 1 rings (SSSR count). The van der Waals surface area contributed by atoms with Crippen molar-refractivity contribution < 1.29 is 4.79 Å². The van der Waals surface area contributed by atoms with E-state index in [0.29, 0.717) is 0 Å². The Morgan fingerprint density at radius 2 is 1.81 bits per heavy atom. The van der Waals surface area contributed by atoms with Crippen LogP contribution in [0.5, 0.6) is 0 Å². The fourth-order valence-electron chi connectivity index (χ4n) is 2.01. The van der Waals surface area contributed by atoms with Gasteiger partial charge in [0.05, 0.1) is 0 Å². The average Bonchev–Trinajstić information content (AvgIpc) is 2.35. The molecular weight excluding hydrogens is 196 g/mol. The summed E-state index contributed by atoms with van der Waals surface area (Å²) in [4.78, 5) is 11.3. The molecule has 88 valence electrons. The number of unbranched alkanes of at least 4 members (excludes halogenated alkanes) is 3. The molecular formula is C15H22O. The molecule has 0 aliphatic heterocycles. The topological polar surface area (TPSA) is 17.1 Å². The Bertz CT molecular complexity index is 304. The highest BCUT2D eigenvalue weighted by Crippen LogP contribution is 2.27. The number of hydrogen-bond donors (Lipinski definition) is 0. The van der Waals surface area contributed by atoms with E-state index < -0.39 is 0 Å². The lowest BCUT2D eigenvalue weighted by Crippen LogP contribution is -2.23. The molecule has 0 fully saturated rings. The van der Waals surface area contributed by atoms with Crippen molar-refractivity contribution in [2.75, 3.05) is 0 Å². The van der Waals surface area contributed by atoms with Crippen molar-refractivity contribution in [3.05, 3.63) is 35.9 Å². The standard InChI is InChI=1S/C15H22O/c1-3-4-5-9-12-15(2,13-16)14-10-7-6-8-11-14/h6-8,10-11,13H,3-5,9,12H2,1-2H3. The fraction of sp³-hybridized carbons (Fsp3) is 0.533. The van der Waals surface area contributed by atoms with Crippen LogP contribution in [0.3, 0.4) is 0 Å². The first-order chi connectivity index (χ1) is 7.73. The number of benzene rings is 1. The maximum Gasteiger partial charge on any atom is 0.130 e. The monoisotopic (exact) mass is 218 g/mol. The van der Waals surface area contributed by atoms with Gasteiger partial charge in [0.2, 0.25) is 0 Å². The van der Waals surface area contributed by atoms with Crippen LogP contribution < -0.4 is 0 Å². The van der Waals surface area contributed by atoms with Crippen LogP contribution in [0.4, 0.5) is 0 Å². The minimum atomic E-state index is -0.297. The van der Waals surface area contributed by atoms with Gasteiger partial charge in [-0.05, 0) is 18.9 Å². The van der Waals surface area contributed by atoms with Crippen LogP contribution in [0, 0.1) is 0 Å². The minimum Gasteiger partial charge on any atom is -0.302 e. The van der Waals surface area contributed by atoms with Gasteiger partial charge in [-0.3, -0.25) is 0 Å². The van der Waals surface area contributed by atoms with Gasteiger partial charge in [-0.2, -0.15) is 0 Å². The van der Waals surface area contributed by atoms with E-state index in [1.54, 1.807) is 0 Å². The van der Waals surface area contributed by atoms with Crippen molar-refractivity contribution in [1.29, 1.82) is 0 Å². The van der Waals surface area contributed by atoms with Gasteiger partial charge in [0.15, 0.2) is 0 Å². The van der Waals surface area contributed by atoms with E-state index in [1.807, 2.05) is 37.3 Å². The molecule has 1 aromatic rings. The van der Waals surface area contributed by atoms with E-state index in [9.17, 15) is 4.79 Å². The van der Waals surface area contributed by atoms with Crippen LogP contribution in [0.15, 0.2) is 30.3 Å². The molecule has 1 unspecified atom stereocenters. The van der Waals surface area contributed by atoms with Gasteiger partial charge in [-0.25, -0.2) is 0 Å². The van der Waals surface area contributed by atoms with E-state index >= 15 is 0 Å². The molecule has 0 bridgehead atoms. The third-order valence-corrected chi connectivity index (χ3v) is 3.24. The summed E-state index contributed by atoms with van der Waals surface area (Å²) in [5.74, 6) is 0. The van der Waals surface area contributed by atoms with Crippen LogP contribution in [0.2, 0.25) is 0 Å². The quantitative estimate of drug-likeness (QED) is 0.497. The van der Waals surface area contributed by atoms with Crippen LogP contribution in [0.25, 0.3) is 0 Å². The summed E-state index contributed by atoms with van der Waals surface area (Å²) >= 11 is 0. The van der Waals surface area contributed by atoms with Crippen molar-refractivity contribution in [1.82, 2.24) is 0 Å². The Morgan fingerprint density at radius 1 is 1.12 bits per heavy atom. The minimum absolute atomic E-state index is 0.297. The van der Waals surface area contributed by atoms with Crippen molar-refractivity contribution in [3.8, 4) is 0 Å². The molecule has 0 aliphatic rings. The van der Waals surface area contributed by atoms with E-state index in [4.69, 9.17) is 0 Å². The molecule has 0 saturated carbocycles. The molecule has 1 atom stereocenters. The summed E-state index contributed by atoms with van der Waals surface area (Å²) < 4.78 is 0. The molecule has 0 radical (unpaired) electrons. The molecule has 1 heteroatoms. The number of carbonyl (C=O) groups is 1. The van der Waals surface area contributed by atoms with Crippen LogP contribution in [0.1, 0.15) is 51.5 Å². The van der Waals surface area contributed by atoms with Gasteiger partial charge in [-0.1, -0.05) is 62.9 Å². The second kappa shape index (κ2) is 6.47. The van der Waals surface area contributed by atoms with Gasteiger partial charge in [-0.15, -0.1) is 0 Å². The highest BCUT2D eigenvalue weighted by Gasteiger charge is 2.24. The maximum absolute atomic E-state index is 11.3. The zero-order valence-electron chi connectivity index (χ0n) is 10.4. The zero-order chi connectivity index (χ0) is 11.9. The van der Waals surface area contributed by atoms with Crippen LogP contribution >= 0.6 is 0 Å². The van der Waals surface area contributed by atoms with Gasteiger partial charge < -0.3 is 4.79 Å². The van der Waals surface area contributed by atoms with Gasteiger partial charge in [0.25, 0.3) is 0 Å².